The Labute approximate surface area is 114 Å². The summed E-state index contributed by atoms with van der Waals surface area (Å²) in [5, 5.41) is -0.208. The van der Waals surface area contributed by atoms with E-state index in [1.165, 1.54) is 12.1 Å². The fourth-order valence-corrected chi connectivity index (χ4v) is 2.83. The molecule has 1 aromatic rings. The Balaban J connectivity index is 2.61. The predicted octanol–water partition coefficient (Wildman–Crippen LogP) is 2.59. The van der Waals surface area contributed by atoms with Crippen molar-refractivity contribution in [3.63, 3.8) is 0 Å². The zero-order valence-electron chi connectivity index (χ0n) is 11.4. The summed E-state index contributed by atoms with van der Waals surface area (Å²) in [6.07, 6.45) is 4.61. The number of furan rings is 1. The summed E-state index contributed by atoms with van der Waals surface area (Å²) in [5.74, 6) is 0.341. The van der Waals surface area contributed by atoms with E-state index in [4.69, 9.17) is 4.42 Å². The van der Waals surface area contributed by atoms with Crippen molar-refractivity contribution in [3.8, 4) is 0 Å². The van der Waals surface area contributed by atoms with Gasteiger partial charge in [-0.05, 0) is 24.5 Å². The second kappa shape index (κ2) is 7.45. The molecule has 0 saturated carbocycles. The van der Waals surface area contributed by atoms with Crippen LogP contribution in [0.25, 0.3) is 0 Å². The molecule has 0 aromatic carbocycles. The van der Waals surface area contributed by atoms with Gasteiger partial charge < -0.3 is 4.42 Å². The first-order valence-electron chi connectivity index (χ1n) is 6.58. The van der Waals surface area contributed by atoms with E-state index in [0.717, 1.165) is 25.7 Å². The molecule has 1 unspecified atom stereocenters. The van der Waals surface area contributed by atoms with Crippen LogP contribution < -0.4 is 4.72 Å². The van der Waals surface area contributed by atoms with Gasteiger partial charge in [0.15, 0.2) is 12.0 Å². The van der Waals surface area contributed by atoms with Gasteiger partial charge in [-0.1, -0.05) is 33.1 Å². The first kappa shape index (κ1) is 15.9. The standard InChI is InChI=1S/C13H21NO4S/c1-3-5-6-11(4-2)9-14-19(16,17)13-8-7-12(10-15)18-13/h7-8,10-11,14H,3-6,9H2,1-2H3. The van der Waals surface area contributed by atoms with Gasteiger partial charge in [-0.15, -0.1) is 0 Å². The molecule has 1 rings (SSSR count). The number of hydrogen-bond donors (Lipinski definition) is 1. The van der Waals surface area contributed by atoms with Crippen molar-refractivity contribution >= 4 is 16.3 Å². The fourth-order valence-electron chi connectivity index (χ4n) is 1.78. The van der Waals surface area contributed by atoms with Crippen LogP contribution in [-0.2, 0) is 10.0 Å². The smallest absolute Gasteiger partial charge is 0.273 e. The first-order valence-corrected chi connectivity index (χ1v) is 8.06. The third-order valence-corrected chi connectivity index (χ3v) is 4.38. The predicted molar refractivity (Wildman–Crippen MR) is 72.6 cm³/mol. The molecule has 0 spiro atoms. The van der Waals surface area contributed by atoms with Crippen molar-refractivity contribution < 1.29 is 17.6 Å². The second-order valence-electron chi connectivity index (χ2n) is 4.54. The molecular weight excluding hydrogens is 266 g/mol. The molecule has 0 aliphatic carbocycles. The lowest BCUT2D eigenvalue weighted by Crippen LogP contribution is -2.29. The van der Waals surface area contributed by atoms with E-state index in [1.54, 1.807) is 0 Å². The van der Waals surface area contributed by atoms with Crippen LogP contribution in [-0.4, -0.2) is 21.2 Å². The normalized spacial score (nSPS) is 13.4. The summed E-state index contributed by atoms with van der Waals surface area (Å²) in [6, 6.07) is 2.63. The molecule has 0 aliphatic heterocycles. The molecular formula is C13H21NO4S. The third-order valence-electron chi connectivity index (χ3n) is 3.09. The summed E-state index contributed by atoms with van der Waals surface area (Å²) < 4.78 is 31.3. The molecule has 1 heterocycles. The molecule has 1 aromatic heterocycles. The van der Waals surface area contributed by atoms with Crippen molar-refractivity contribution in [1.82, 2.24) is 4.72 Å². The van der Waals surface area contributed by atoms with Gasteiger partial charge in [0.2, 0.25) is 5.09 Å². The fraction of sp³-hybridized carbons (Fsp3) is 0.615. The molecule has 1 atom stereocenters. The first-order chi connectivity index (χ1) is 9.03. The maximum Gasteiger partial charge on any atom is 0.273 e. The van der Waals surface area contributed by atoms with Crippen LogP contribution in [0.2, 0.25) is 0 Å². The maximum atomic E-state index is 11.9. The van der Waals surface area contributed by atoms with Gasteiger partial charge in [0.25, 0.3) is 10.0 Å². The molecule has 1 N–H and O–H groups in total. The van der Waals surface area contributed by atoms with Gasteiger partial charge in [-0.3, -0.25) is 4.79 Å². The number of rotatable bonds is 9. The van der Waals surface area contributed by atoms with E-state index in [-0.39, 0.29) is 10.9 Å². The highest BCUT2D eigenvalue weighted by molar-refractivity contribution is 7.89. The van der Waals surface area contributed by atoms with Crippen molar-refractivity contribution in [2.75, 3.05) is 6.54 Å². The highest BCUT2D eigenvalue weighted by Gasteiger charge is 2.19. The SMILES string of the molecule is CCCCC(CC)CNS(=O)(=O)c1ccc(C=O)o1. The number of sulfonamides is 1. The largest absolute Gasteiger partial charge is 0.440 e. The van der Waals surface area contributed by atoms with Gasteiger partial charge in [-0.2, -0.15) is 0 Å². The molecule has 19 heavy (non-hydrogen) atoms. The maximum absolute atomic E-state index is 11.9. The summed E-state index contributed by atoms with van der Waals surface area (Å²) in [5.41, 5.74) is 0. The summed E-state index contributed by atoms with van der Waals surface area (Å²) >= 11 is 0. The minimum absolute atomic E-state index is 0.0124. The Morgan fingerprint density at radius 1 is 1.37 bits per heavy atom. The number of nitrogens with one attached hydrogen (secondary N) is 1. The van der Waals surface area contributed by atoms with Crippen LogP contribution >= 0.6 is 0 Å². The van der Waals surface area contributed by atoms with E-state index in [0.29, 0.717) is 18.7 Å². The number of hydrogen-bond acceptors (Lipinski definition) is 4. The van der Waals surface area contributed by atoms with Crippen LogP contribution in [0.4, 0.5) is 0 Å². The molecule has 0 radical (unpaired) electrons. The van der Waals surface area contributed by atoms with Crippen LogP contribution in [0.1, 0.15) is 50.1 Å². The third kappa shape index (κ3) is 4.80. The zero-order valence-corrected chi connectivity index (χ0v) is 12.2. The minimum atomic E-state index is -3.66. The molecule has 0 aliphatic rings. The summed E-state index contributed by atoms with van der Waals surface area (Å²) in [7, 11) is -3.66. The molecule has 0 amide bonds. The number of aldehydes is 1. The molecule has 0 fully saturated rings. The molecule has 0 bridgehead atoms. The Kier molecular flexibility index (Phi) is 6.24. The van der Waals surface area contributed by atoms with E-state index >= 15 is 0 Å². The Hall–Kier alpha value is -1.14. The van der Waals surface area contributed by atoms with Crippen molar-refractivity contribution in [1.29, 1.82) is 0 Å². The average Bonchev–Trinajstić information content (AvgIpc) is 2.88. The van der Waals surface area contributed by atoms with Crippen molar-refractivity contribution in [3.05, 3.63) is 17.9 Å². The van der Waals surface area contributed by atoms with Crippen LogP contribution in [0.3, 0.4) is 0 Å². The lowest BCUT2D eigenvalue weighted by atomic mass is 10.00. The Morgan fingerprint density at radius 3 is 2.63 bits per heavy atom. The van der Waals surface area contributed by atoms with E-state index in [1.807, 2.05) is 6.92 Å². The molecule has 6 heteroatoms. The zero-order chi connectivity index (χ0) is 14.3. The van der Waals surface area contributed by atoms with E-state index in [9.17, 15) is 13.2 Å². The van der Waals surface area contributed by atoms with Gasteiger partial charge in [0.05, 0.1) is 0 Å². The Morgan fingerprint density at radius 2 is 2.11 bits per heavy atom. The lowest BCUT2D eigenvalue weighted by Gasteiger charge is -2.14. The molecule has 0 saturated heterocycles. The van der Waals surface area contributed by atoms with Gasteiger partial charge in [0.1, 0.15) is 0 Å². The topological polar surface area (TPSA) is 76.4 Å². The van der Waals surface area contributed by atoms with E-state index in [2.05, 4.69) is 11.6 Å². The summed E-state index contributed by atoms with van der Waals surface area (Å²) in [4.78, 5) is 10.5. The number of carbonyl (C=O) groups is 1. The lowest BCUT2D eigenvalue weighted by molar-refractivity contribution is 0.109. The number of unbranched alkanes of at least 4 members (excludes halogenated alkanes) is 1. The quantitative estimate of drug-likeness (QED) is 0.708. The van der Waals surface area contributed by atoms with Gasteiger partial charge in [0, 0.05) is 6.54 Å². The average molecular weight is 287 g/mol. The van der Waals surface area contributed by atoms with Crippen LogP contribution in [0, 0.1) is 5.92 Å². The molecule has 108 valence electrons. The van der Waals surface area contributed by atoms with Crippen LogP contribution in [0.15, 0.2) is 21.6 Å². The number of carbonyl (C=O) groups excluding carboxylic acids is 1. The van der Waals surface area contributed by atoms with Crippen molar-refractivity contribution in [2.24, 2.45) is 5.92 Å². The minimum Gasteiger partial charge on any atom is -0.440 e. The highest BCUT2D eigenvalue weighted by Crippen LogP contribution is 2.15. The van der Waals surface area contributed by atoms with Gasteiger partial charge >= 0.3 is 0 Å². The van der Waals surface area contributed by atoms with Gasteiger partial charge in [-0.25, -0.2) is 13.1 Å². The summed E-state index contributed by atoms with van der Waals surface area (Å²) in [6.45, 7) is 4.56. The monoisotopic (exact) mass is 287 g/mol. The van der Waals surface area contributed by atoms with Crippen LogP contribution in [0.5, 0.6) is 0 Å². The molecule has 5 nitrogen and oxygen atoms in total. The second-order valence-corrected chi connectivity index (χ2v) is 6.24. The highest BCUT2D eigenvalue weighted by atomic mass is 32.2. The van der Waals surface area contributed by atoms with Crippen molar-refractivity contribution in [2.45, 2.75) is 44.6 Å². The Bertz CT molecular complexity index is 492. The van der Waals surface area contributed by atoms with E-state index < -0.39 is 10.0 Å².